The molecule has 8 nitrogen and oxygen atoms in total. The average Bonchev–Trinajstić information content (AvgIpc) is 2.92. The normalized spacial score (nSPS) is 10.8. The third-order valence-electron chi connectivity index (χ3n) is 3.50. The number of hydrogen-bond acceptors (Lipinski definition) is 4. The van der Waals surface area contributed by atoms with E-state index in [0.717, 1.165) is 0 Å². The van der Waals surface area contributed by atoms with E-state index in [0.29, 0.717) is 23.4 Å². The monoisotopic (exact) mass is 306 g/mol. The van der Waals surface area contributed by atoms with Crippen LogP contribution < -0.4 is 5.56 Å². The molecule has 0 fully saturated rings. The number of H-pyrrole nitrogens is 1. The fourth-order valence-electron chi connectivity index (χ4n) is 2.26. The Hall–Kier alpha value is -2.64. The lowest BCUT2D eigenvalue weighted by Gasteiger charge is -2.20. The number of aliphatic carboxylic acids is 1. The molecule has 2 aromatic heterocycles. The first-order valence-electron chi connectivity index (χ1n) is 6.99. The maximum absolute atomic E-state index is 12.3. The first-order valence-corrected chi connectivity index (χ1v) is 6.99. The number of carbonyl (C=O) groups is 2. The van der Waals surface area contributed by atoms with Gasteiger partial charge in [0.1, 0.15) is 0 Å². The Labute approximate surface area is 126 Å². The fraction of sp³-hybridized carbons (Fsp3) is 0.429. The lowest BCUT2D eigenvalue weighted by atomic mass is 10.1. The second-order valence-corrected chi connectivity index (χ2v) is 4.93. The molecule has 22 heavy (non-hydrogen) atoms. The van der Waals surface area contributed by atoms with Crippen molar-refractivity contribution in [1.29, 1.82) is 0 Å². The van der Waals surface area contributed by atoms with Crippen molar-refractivity contribution in [3.8, 4) is 0 Å². The molecule has 0 radical (unpaired) electrons. The van der Waals surface area contributed by atoms with E-state index in [2.05, 4.69) is 10.1 Å². The smallest absolute Gasteiger partial charge is 0.305 e. The predicted molar refractivity (Wildman–Crippen MR) is 78.8 cm³/mol. The Morgan fingerprint density at radius 2 is 2.18 bits per heavy atom. The van der Waals surface area contributed by atoms with Gasteiger partial charge in [-0.2, -0.15) is 0 Å². The Morgan fingerprint density at radius 1 is 1.45 bits per heavy atom. The third-order valence-corrected chi connectivity index (χ3v) is 3.50. The molecule has 0 saturated heterocycles. The zero-order valence-electron chi connectivity index (χ0n) is 12.5. The summed E-state index contributed by atoms with van der Waals surface area (Å²) in [5.41, 5.74) is 1.01. The van der Waals surface area contributed by atoms with Crippen LogP contribution in [0, 0.1) is 6.92 Å². The van der Waals surface area contributed by atoms with Gasteiger partial charge in [-0.15, -0.1) is 0 Å². The van der Waals surface area contributed by atoms with E-state index in [9.17, 15) is 14.4 Å². The molecule has 2 aromatic rings. The molecule has 2 heterocycles. The number of nitrogens with zero attached hydrogens (tertiary/aromatic N) is 3. The van der Waals surface area contributed by atoms with Crippen molar-refractivity contribution in [2.24, 2.45) is 0 Å². The van der Waals surface area contributed by atoms with E-state index in [1.807, 2.05) is 0 Å². The van der Waals surface area contributed by atoms with Crippen LogP contribution in [0.3, 0.4) is 0 Å². The van der Waals surface area contributed by atoms with E-state index in [4.69, 9.17) is 5.11 Å². The number of amides is 1. The zero-order chi connectivity index (χ0) is 16.3. The van der Waals surface area contributed by atoms with Crippen molar-refractivity contribution >= 4 is 17.5 Å². The number of rotatable bonds is 6. The summed E-state index contributed by atoms with van der Waals surface area (Å²) in [4.78, 5) is 41.0. The summed E-state index contributed by atoms with van der Waals surface area (Å²) in [7, 11) is 0. The van der Waals surface area contributed by atoms with Gasteiger partial charge < -0.3 is 10.0 Å². The number of aryl methyl sites for hydroxylation is 1. The van der Waals surface area contributed by atoms with Gasteiger partial charge in [0.05, 0.1) is 12.8 Å². The number of hydrogen-bond donors (Lipinski definition) is 2. The fourth-order valence-corrected chi connectivity index (χ4v) is 2.26. The van der Waals surface area contributed by atoms with Gasteiger partial charge in [0.15, 0.2) is 5.65 Å². The number of likely N-dealkylation sites (N-methyl/N-ethyl adjacent to an activating group) is 1. The highest BCUT2D eigenvalue weighted by Crippen LogP contribution is 2.06. The van der Waals surface area contributed by atoms with Crippen molar-refractivity contribution in [3.05, 3.63) is 33.9 Å². The van der Waals surface area contributed by atoms with E-state index >= 15 is 0 Å². The van der Waals surface area contributed by atoms with Crippen molar-refractivity contribution in [2.75, 3.05) is 13.1 Å². The van der Waals surface area contributed by atoms with Crippen LogP contribution >= 0.6 is 0 Å². The molecule has 0 aliphatic rings. The summed E-state index contributed by atoms with van der Waals surface area (Å²) in [5.74, 6) is -1.24. The average molecular weight is 306 g/mol. The van der Waals surface area contributed by atoms with Gasteiger partial charge in [-0.05, 0) is 13.8 Å². The van der Waals surface area contributed by atoms with E-state index in [-0.39, 0.29) is 30.9 Å². The minimum Gasteiger partial charge on any atom is -0.481 e. The van der Waals surface area contributed by atoms with Gasteiger partial charge in [-0.25, -0.2) is 9.50 Å². The molecule has 118 valence electrons. The van der Waals surface area contributed by atoms with Crippen molar-refractivity contribution in [1.82, 2.24) is 19.5 Å². The largest absolute Gasteiger partial charge is 0.481 e. The molecule has 0 bridgehead atoms. The van der Waals surface area contributed by atoms with Gasteiger partial charge in [-0.1, -0.05) is 0 Å². The summed E-state index contributed by atoms with van der Waals surface area (Å²) in [6, 6.07) is 1.67. The Morgan fingerprint density at radius 3 is 2.82 bits per heavy atom. The molecule has 0 atom stereocenters. The lowest BCUT2D eigenvalue weighted by Crippen LogP contribution is -2.36. The van der Waals surface area contributed by atoms with Crippen molar-refractivity contribution in [3.63, 3.8) is 0 Å². The maximum atomic E-state index is 12.3. The molecule has 2 rings (SSSR count). The molecule has 8 heteroatoms. The highest BCUT2D eigenvalue weighted by atomic mass is 16.4. The molecule has 1 amide bonds. The standard InChI is InChI=1S/C14H18N4O4/c1-3-17(7-5-13(20)21)12(19)8-10-9(2)16-11-4-6-15-18(11)14(10)22/h4,6,15H,3,5,7-8H2,1-2H3,(H,20,21). The molecule has 0 aromatic carbocycles. The topological polar surface area (TPSA) is 108 Å². The molecule has 0 unspecified atom stereocenters. The molecular weight excluding hydrogens is 288 g/mol. The number of carboxylic acid groups (broad SMARTS) is 1. The summed E-state index contributed by atoms with van der Waals surface area (Å²) < 4.78 is 1.28. The Bertz CT molecular complexity index is 762. The minimum atomic E-state index is -0.961. The van der Waals surface area contributed by atoms with Crippen LogP contribution in [0.15, 0.2) is 17.1 Å². The highest BCUT2D eigenvalue weighted by molar-refractivity contribution is 5.79. The quantitative estimate of drug-likeness (QED) is 0.792. The van der Waals surface area contributed by atoms with Crippen LogP contribution in [-0.4, -0.2) is 49.6 Å². The van der Waals surface area contributed by atoms with Crippen LogP contribution in [0.4, 0.5) is 0 Å². The zero-order valence-corrected chi connectivity index (χ0v) is 12.5. The maximum Gasteiger partial charge on any atom is 0.305 e. The first kappa shape index (κ1) is 15.7. The molecule has 0 aliphatic carbocycles. The second kappa shape index (κ2) is 6.42. The number of fused-ring (bicyclic) bond motifs is 1. The number of nitrogens with one attached hydrogen (secondary N) is 1. The number of aromatic nitrogens is 3. The second-order valence-electron chi connectivity index (χ2n) is 4.93. The lowest BCUT2D eigenvalue weighted by molar-refractivity contribution is -0.138. The summed E-state index contributed by atoms with van der Waals surface area (Å²) >= 11 is 0. The van der Waals surface area contributed by atoms with Gasteiger partial charge in [0.2, 0.25) is 5.91 Å². The summed E-state index contributed by atoms with van der Waals surface area (Å²) in [6.07, 6.45) is 1.39. The molecular formula is C14H18N4O4. The van der Waals surface area contributed by atoms with E-state index in [1.165, 1.54) is 9.42 Å². The highest BCUT2D eigenvalue weighted by Gasteiger charge is 2.18. The van der Waals surface area contributed by atoms with Crippen molar-refractivity contribution in [2.45, 2.75) is 26.7 Å². The van der Waals surface area contributed by atoms with Crippen LogP contribution in [-0.2, 0) is 16.0 Å². The van der Waals surface area contributed by atoms with Crippen LogP contribution in [0.25, 0.3) is 5.65 Å². The number of aromatic amines is 1. The predicted octanol–water partition coefficient (Wildman–Crippen LogP) is 0.197. The molecule has 2 N–H and O–H groups in total. The number of carboxylic acids is 1. The summed E-state index contributed by atoms with van der Waals surface area (Å²) in [6.45, 7) is 3.98. The number of carbonyl (C=O) groups excluding carboxylic acids is 1. The van der Waals surface area contributed by atoms with Crippen molar-refractivity contribution < 1.29 is 14.7 Å². The minimum absolute atomic E-state index is 0.0902. The Balaban J connectivity index is 2.23. The SMILES string of the molecule is CCN(CCC(=O)O)C(=O)Cc1c(C)nc2cc[nH]n2c1=O. The summed E-state index contributed by atoms with van der Waals surface area (Å²) in [5, 5.41) is 11.5. The van der Waals surface area contributed by atoms with Gasteiger partial charge in [0, 0.05) is 36.6 Å². The van der Waals surface area contributed by atoms with Crippen LogP contribution in [0.2, 0.25) is 0 Å². The Kier molecular flexibility index (Phi) is 4.59. The molecule has 0 aliphatic heterocycles. The van der Waals surface area contributed by atoms with E-state index in [1.54, 1.807) is 26.1 Å². The molecule has 0 spiro atoms. The van der Waals surface area contributed by atoms with Gasteiger partial charge in [0.25, 0.3) is 5.56 Å². The third kappa shape index (κ3) is 3.16. The van der Waals surface area contributed by atoms with Gasteiger partial charge in [-0.3, -0.25) is 19.5 Å². The van der Waals surface area contributed by atoms with Gasteiger partial charge >= 0.3 is 5.97 Å². The van der Waals surface area contributed by atoms with Crippen LogP contribution in [0.1, 0.15) is 24.6 Å². The molecule has 0 saturated carbocycles. The van der Waals surface area contributed by atoms with Crippen LogP contribution in [0.5, 0.6) is 0 Å². The first-order chi connectivity index (χ1) is 10.4. The van der Waals surface area contributed by atoms with E-state index < -0.39 is 5.97 Å².